The second-order valence-electron chi connectivity index (χ2n) is 13.1. The van der Waals surface area contributed by atoms with Crippen molar-refractivity contribution in [3.63, 3.8) is 0 Å². The second-order valence-corrected chi connectivity index (χ2v) is 14.0. The van der Waals surface area contributed by atoms with Gasteiger partial charge in [-0.1, -0.05) is 25.5 Å². The van der Waals surface area contributed by atoms with Crippen LogP contribution >= 0.6 is 11.8 Å². The maximum absolute atomic E-state index is 13.7. The number of hydrogen-bond donors (Lipinski definition) is 1. The third-order valence-corrected chi connectivity index (χ3v) is 11.9. The molecule has 3 fully saturated rings. The molecule has 7 rings (SSSR count). The van der Waals surface area contributed by atoms with Gasteiger partial charge < -0.3 is 14.3 Å². The van der Waals surface area contributed by atoms with E-state index >= 15 is 0 Å². The van der Waals surface area contributed by atoms with Gasteiger partial charge in [0.1, 0.15) is 6.01 Å². The molecular formula is C32H35F2N3O5S. The van der Waals surface area contributed by atoms with E-state index in [4.69, 9.17) is 9.15 Å². The van der Waals surface area contributed by atoms with E-state index in [0.717, 1.165) is 29.8 Å². The molecule has 1 N–H and O–H groups in total. The van der Waals surface area contributed by atoms with Gasteiger partial charge in [0.15, 0.2) is 11.9 Å². The molecule has 3 saturated carbocycles. The Kier molecular flexibility index (Phi) is 6.85. The van der Waals surface area contributed by atoms with Gasteiger partial charge in [0.25, 0.3) is 0 Å². The number of aromatic nitrogens is 2. The maximum atomic E-state index is 13.7. The lowest BCUT2D eigenvalue weighted by molar-refractivity contribution is -0.175. The lowest BCUT2D eigenvalue weighted by Gasteiger charge is -2.60. The SMILES string of the molecule is C[C@]12Cc3cnn(C4=CCC(F)N=C4)c3C=C1CCC1[C@@H]2C(O)C[C@@]2(C)[C@H]1CC[C@]2(OC(=O)c1ccco1)C(=O)SCF. The number of alkyl halides is 2. The van der Waals surface area contributed by atoms with Crippen molar-refractivity contribution >= 4 is 40.8 Å². The molecule has 2 aromatic rings. The Balaban J connectivity index is 1.22. The first kappa shape index (κ1) is 28.7. The van der Waals surface area contributed by atoms with Gasteiger partial charge in [-0.3, -0.25) is 9.79 Å². The summed E-state index contributed by atoms with van der Waals surface area (Å²) in [6.07, 6.45) is 10.5. The number of furan rings is 1. The number of ether oxygens (including phenoxy) is 1. The van der Waals surface area contributed by atoms with Crippen LogP contribution in [0, 0.1) is 28.6 Å². The van der Waals surface area contributed by atoms with Gasteiger partial charge in [-0.25, -0.2) is 18.3 Å². The highest BCUT2D eigenvalue weighted by Crippen LogP contribution is 2.69. The summed E-state index contributed by atoms with van der Waals surface area (Å²) in [7, 11) is 0. The number of hydrogen-bond acceptors (Lipinski definition) is 8. The third kappa shape index (κ3) is 4.17. The molecule has 3 unspecified atom stereocenters. The summed E-state index contributed by atoms with van der Waals surface area (Å²) in [5.41, 5.74) is 1.24. The molecule has 0 saturated heterocycles. The summed E-state index contributed by atoms with van der Waals surface area (Å²) in [6, 6.07) is 2.13. The van der Waals surface area contributed by atoms with Crippen LogP contribution in [0.3, 0.4) is 0 Å². The van der Waals surface area contributed by atoms with Crippen LogP contribution < -0.4 is 0 Å². The van der Waals surface area contributed by atoms with E-state index in [1.165, 1.54) is 24.1 Å². The monoisotopic (exact) mass is 611 g/mol. The first-order valence-corrected chi connectivity index (χ1v) is 15.9. The Morgan fingerprint density at radius 3 is 2.86 bits per heavy atom. The minimum absolute atomic E-state index is 0.00536. The number of aliphatic hydroxyl groups is 1. The van der Waals surface area contributed by atoms with Gasteiger partial charge in [-0.2, -0.15) is 5.10 Å². The van der Waals surface area contributed by atoms with Gasteiger partial charge in [-0.05, 0) is 97.2 Å². The van der Waals surface area contributed by atoms with Gasteiger partial charge in [0.05, 0.1) is 36.2 Å². The van der Waals surface area contributed by atoms with E-state index in [1.54, 1.807) is 6.07 Å². The lowest BCUT2D eigenvalue weighted by atomic mass is 9.45. The van der Waals surface area contributed by atoms with Gasteiger partial charge in [-0.15, -0.1) is 0 Å². The van der Waals surface area contributed by atoms with Crippen LogP contribution in [0.1, 0.15) is 74.2 Å². The molecule has 2 aromatic heterocycles. The zero-order chi connectivity index (χ0) is 30.1. The summed E-state index contributed by atoms with van der Waals surface area (Å²) in [6.45, 7) is 4.16. The number of carbonyl (C=O) groups excluding carboxylic acids is 2. The van der Waals surface area contributed by atoms with Crippen LogP contribution in [0.15, 0.2) is 45.7 Å². The number of fused-ring (bicyclic) bond motifs is 6. The highest BCUT2D eigenvalue weighted by Gasteiger charge is 2.70. The number of halogens is 2. The van der Waals surface area contributed by atoms with Crippen molar-refractivity contribution in [3.05, 3.63) is 53.3 Å². The van der Waals surface area contributed by atoms with Crippen molar-refractivity contribution < 1.29 is 32.6 Å². The number of dihydropyridines is 1. The fourth-order valence-electron chi connectivity index (χ4n) is 9.32. The molecule has 5 aliphatic rings. The number of rotatable bonds is 5. The van der Waals surface area contributed by atoms with Crippen LogP contribution in [0.25, 0.3) is 11.8 Å². The van der Waals surface area contributed by atoms with Crippen LogP contribution in [0.5, 0.6) is 0 Å². The van der Waals surface area contributed by atoms with Crippen molar-refractivity contribution in [1.82, 2.24) is 9.78 Å². The fraction of sp³-hybridized carbons (Fsp3) is 0.562. The van der Waals surface area contributed by atoms with Crippen molar-refractivity contribution in [1.29, 1.82) is 0 Å². The average Bonchev–Trinajstić information content (AvgIpc) is 3.71. The second kappa shape index (κ2) is 10.3. The largest absolute Gasteiger partial charge is 0.457 e. The molecule has 0 aromatic carbocycles. The summed E-state index contributed by atoms with van der Waals surface area (Å²) in [5.74, 6) is -0.778. The molecular weight excluding hydrogens is 576 g/mol. The Bertz CT molecular complexity index is 1550. The fourth-order valence-corrected chi connectivity index (χ4v) is 10.0. The van der Waals surface area contributed by atoms with Gasteiger partial charge >= 0.3 is 5.97 Å². The van der Waals surface area contributed by atoms with E-state index < -0.39 is 40.5 Å². The quantitative estimate of drug-likeness (QED) is 0.325. The standard InChI is InChI=1S/C32H35F2N3O5S/c1-30-13-18-15-36-37(20-6-8-26(34)35-16-20)23(18)12-19(30)5-7-21-22-9-10-32(29(40)43-17-33,31(22,2)14-24(38)27(21)30)42-28(39)25-4-3-11-41-25/h3-4,6,11-12,15-16,21-22,24,26-27,38H,5,7-10,13-14,17H2,1-2H3/t21?,22-,24?,26?,27+,30-,31-,32-/m0/s1. The number of aliphatic imine (C=N–C) groups is 1. The molecule has 0 spiro atoms. The molecule has 8 atom stereocenters. The Labute approximate surface area is 252 Å². The molecule has 4 aliphatic carbocycles. The first-order valence-electron chi connectivity index (χ1n) is 14.9. The molecule has 0 radical (unpaired) electrons. The molecule has 0 bridgehead atoms. The summed E-state index contributed by atoms with van der Waals surface area (Å²) < 4.78 is 40.3. The number of carbonyl (C=O) groups is 2. The van der Waals surface area contributed by atoms with Crippen molar-refractivity contribution in [2.45, 2.75) is 76.8 Å². The highest BCUT2D eigenvalue weighted by atomic mass is 32.2. The minimum Gasteiger partial charge on any atom is -0.457 e. The Morgan fingerprint density at radius 2 is 2.14 bits per heavy atom. The molecule has 8 nitrogen and oxygen atoms in total. The predicted molar refractivity (Wildman–Crippen MR) is 157 cm³/mol. The third-order valence-electron chi connectivity index (χ3n) is 11.2. The number of esters is 1. The highest BCUT2D eigenvalue weighted by molar-refractivity contribution is 8.13. The molecule has 11 heteroatoms. The molecule has 1 aliphatic heterocycles. The van der Waals surface area contributed by atoms with Crippen molar-refractivity contribution in [2.75, 3.05) is 6.01 Å². The number of thioether (sulfide) groups is 1. The molecule has 0 amide bonds. The first-order chi connectivity index (χ1) is 20.6. The summed E-state index contributed by atoms with van der Waals surface area (Å²) in [5, 5.41) is 16.1. The van der Waals surface area contributed by atoms with Crippen molar-refractivity contribution in [3.8, 4) is 0 Å². The average molecular weight is 612 g/mol. The predicted octanol–water partition coefficient (Wildman–Crippen LogP) is 6.02. The van der Waals surface area contributed by atoms with E-state index in [9.17, 15) is 23.5 Å². The topological polar surface area (TPSA) is 107 Å². The number of nitrogens with zero attached hydrogens (tertiary/aromatic N) is 3. The van der Waals surface area contributed by atoms with E-state index in [0.29, 0.717) is 24.6 Å². The lowest BCUT2D eigenvalue weighted by Crippen LogP contribution is -2.62. The molecule has 3 heterocycles. The molecule has 43 heavy (non-hydrogen) atoms. The van der Waals surface area contributed by atoms with Gasteiger partial charge in [0, 0.05) is 11.8 Å². The minimum atomic E-state index is -1.57. The maximum Gasteiger partial charge on any atom is 0.375 e. The van der Waals surface area contributed by atoms with Gasteiger partial charge in [0.2, 0.25) is 10.9 Å². The van der Waals surface area contributed by atoms with Crippen LogP contribution in [0.4, 0.5) is 8.78 Å². The number of allylic oxidation sites excluding steroid dienone is 2. The zero-order valence-electron chi connectivity index (χ0n) is 24.2. The van der Waals surface area contributed by atoms with Crippen LogP contribution in [0.2, 0.25) is 0 Å². The van der Waals surface area contributed by atoms with E-state index in [1.807, 2.05) is 23.9 Å². The summed E-state index contributed by atoms with van der Waals surface area (Å²) >= 11 is 0.527. The van der Waals surface area contributed by atoms with Crippen molar-refractivity contribution in [2.24, 2.45) is 33.6 Å². The van der Waals surface area contributed by atoms with Crippen LogP contribution in [-0.2, 0) is 16.0 Å². The number of aliphatic hydroxyl groups excluding tert-OH is 1. The molecule has 228 valence electrons. The zero-order valence-corrected chi connectivity index (χ0v) is 25.0. The van der Waals surface area contributed by atoms with E-state index in [-0.39, 0.29) is 48.2 Å². The van der Waals surface area contributed by atoms with E-state index in [2.05, 4.69) is 23.1 Å². The normalized spacial score (nSPS) is 37.8. The Morgan fingerprint density at radius 1 is 1.30 bits per heavy atom. The summed E-state index contributed by atoms with van der Waals surface area (Å²) in [4.78, 5) is 30.7. The van der Waals surface area contributed by atoms with Crippen LogP contribution in [-0.4, -0.2) is 56.2 Å². The smallest absolute Gasteiger partial charge is 0.375 e. The Hall–Kier alpha value is -3.05.